The fraction of sp³-hybridized carbons (Fsp3) is 0.381. The van der Waals surface area contributed by atoms with E-state index in [0.29, 0.717) is 18.0 Å². The van der Waals surface area contributed by atoms with E-state index >= 15 is 0 Å². The third-order valence-electron chi connectivity index (χ3n) is 4.85. The molecule has 1 amide bonds. The van der Waals surface area contributed by atoms with Crippen molar-refractivity contribution >= 4 is 5.91 Å². The molecule has 0 fully saturated rings. The topological polar surface area (TPSA) is 47.6 Å². The van der Waals surface area contributed by atoms with Crippen LogP contribution in [0.5, 0.6) is 11.5 Å². The summed E-state index contributed by atoms with van der Waals surface area (Å²) in [5.74, 6) is 1.55. The fourth-order valence-corrected chi connectivity index (χ4v) is 3.52. The van der Waals surface area contributed by atoms with Gasteiger partial charge in [-0.15, -0.1) is 0 Å². The number of nitrogens with one attached hydrogen (secondary N) is 1. The number of carbonyl (C=O) groups is 1. The van der Waals surface area contributed by atoms with E-state index in [0.717, 1.165) is 31.2 Å². The molecule has 3 rings (SSSR count). The lowest BCUT2D eigenvalue weighted by Gasteiger charge is -2.24. The van der Waals surface area contributed by atoms with Crippen LogP contribution in [0.25, 0.3) is 0 Å². The average Bonchev–Trinajstić information content (AvgIpc) is 2.67. The van der Waals surface area contributed by atoms with E-state index in [-0.39, 0.29) is 11.8 Å². The van der Waals surface area contributed by atoms with Gasteiger partial charge in [0.15, 0.2) is 11.5 Å². The second-order valence-electron chi connectivity index (χ2n) is 6.37. The summed E-state index contributed by atoms with van der Waals surface area (Å²) in [5.41, 5.74) is 3.62. The second-order valence-corrected chi connectivity index (χ2v) is 6.37. The van der Waals surface area contributed by atoms with Crippen molar-refractivity contribution in [1.82, 2.24) is 5.32 Å². The van der Waals surface area contributed by atoms with Crippen molar-refractivity contribution in [3.63, 3.8) is 0 Å². The number of carbonyl (C=O) groups excluding carboxylic acids is 1. The van der Waals surface area contributed by atoms with Gasteiger partial charge in [0.1, 0.15) is 0 Å². The molecule has 2 aromatic rings. The van der Waals surface area contributed by atoms with Crippen molar-refractivity contribution in [1.29, 1.82) is 0 Å². The summed E-state index contributed by atoms with van der Waals surface area (Å²) in [6, 6.07) is 14.2. The first-order valence-electron chi connectivity index (χ1n) is 8.79. The predicted molar refractivity (Wildman–Crippen MR) is 98.4 cm³/mol. The zero-order valence-electron chi connectivity index (χ0n) is 14.9. The molecule has 0 radical (unpaired) electrons. The third-order valence-corrected chi connectivity index (χ3v) is 4.85. The third kappa shape index (κ3) is 3.95. The highest BCUT2D eigenvalue weighted by Crippen LogP contribution is 2.31. The molecular formula is C21H25NO3. The van der Waals surface area contributed by atoms with E-state index in [4.69, 9.17) is 9.47 Å². The molecule has 25 heavy (non-hydrogen) atoms. The van der Waals surface area contributed by atoms with Crippen LogP contribution in [-0.2, 0) is 17.6 Å². The van der Waals surface area contributed by atoms with Gasteiger partial charge in [-0.25, -0.2) is 0 Å². The van der Waals surface area contributed by atoms with E-state index in [1.54, 1.807) is 14.2 Å². The molecule has 4 nitrogen and oxygen atoms in total. The number of hydrogen-bond acceptors (Lipinski definition) is 3. The Morgan fingerprint density at radius 1 is 1.12 bits per heavy atom. The Bertz CT molecular complexity index is 742. The van der Waals surface area contributed by atoms with Crippen molar-refractivity contribution in [2.24, 2.45) is 0 Å². The van der Waals surface area contributed by atoms with E-state index in [1.165, 1.54) is 11.1 Å². The van der Waals surface area contributed by atoms with Gasteiger partial charge in [0.05, 0.1) is 20.1 Å². The molecule has 0 saturated carbocycles. The van der Waals surface area contributed by atoms with Crippen molar-refractivity contribution in [2.45, 2.75) is 31.6 Å². The molecule has 4 heteroatoms. The summed E-state index contributed by atoms with van der Waals surface area (Å²) in [6.07, 6.45) is 3.84. The van der Waals surface area contributed by atoms with Crippen LogP contribution in [0.2, 0.25) is 0 Å². The van der Waals surface area contributed by atoms with Crippen LogP contribution in [-0.4, -0.2) is 26.7 Å². The highest BCUT2D eigenvalue weighted by molar-refractivity contribution is 5.84. The van der Waals surface area contributed by atoms with Gasteiger partial charge in [0, 0.05) is 6.54 Å². The first-order valence-corrected chi connectivity index (χ1v) is 8.79. The predicted octanol–water partition coefficient (Wildman–Crippen LogP) is 3.48. The van der Waals surface area contributed by atoms with Crippen molar-refractivity contribution in [3.8, 4) is 11.5 Å². The van der Waals surface area contributed by atoms with E-state index in [9.17, 15) is 4.79 Å². The molecule has 1 unspecified atom stereocenters. The van der Waals surface area contributed by atoms with Gasteiger partial charge < -0.3 is 14.8 Å². The average molecular weight is 339 g/mol. The minimum atomic E-state index is -0.0182. The first kappa shape index (κ1) is 17.3. The van der Waals surface area contributed by atoms with Crippen LogP contribution >= 0.6 is 0 Å². The molecule has 2 aromatic carbocycles. The van der Waals surface area contributed by atoms with Crippen molar-refractivity contribution in [2.75, 3.05) is 20.8 Å². The van der Waals surface area contributed by atoms with Crippen LogP contribution in [0.4, 0.5) is 0 Å². The Hall–Kier alpha value is -2.49. The number of aryl methyl sites for hydroxylation is 1. The molecule has 1 atom stereocenters. The second kappa shape index (κ2) is 8.06. The number of fused-ring (bicyclic) bond motifs is 1. The summed E-state index contributed by atoms with van der Waals surface area (Å²) in [5, 5.41) is 3.10. The lowest BCUT2D eigenvalue weighted by atomic mass is 9.82. The quantitative estimate of drug-likeness (QED) is 0.876. The normalized spacial score (nSPS) is 16.0. The molecule has 1 N–H and O–H groups in total. The zero-order chi connectivity index (χ0) is 17.6. The molecule has 0 spiro atoms. The number of ether oxygens (including phenoxy) is 2. The maximum absolute atomic E-state index is 12.6. The van der Waals surface area contributed by atoms with Crippen LogP contribution in [0.15, 0.2) is 42.5 Å². The first-order chi connectivity index (χ1) is 12.2. The van der Waals surface area contributed by atoms with E-state index < -0.39 is 0 Å². The Morgan fingerprint density at radius 3 is 2.72 bits per heavy atom. The number of hydrogen-bond donors (Lipinski definition) is 1. The van der Waals surface area contributed by atoms with Crippen molar-refractivity contribution in [3.05, 3.63) is 59.2 Å². The maximum Gasteiger partial charge on any atom is 0.227 e. The van der Waals surface area contributed by atoms with Gasteiger partial charge in [-0.1, -0.05) is 30.3 Å². The van der Waals surface area contributed by atoms with Crippen LogP contribution in [0.3, 0.4) is 0 Å². The van der Waals surface area contributed by atoms with Gasteiger partial charge in [-0.2, -0.15) is 0 Å². The zero-order valence-corrected chi connectivity index (χ0v) is 14.9. The lowest BCUT2D eigenvalue weighted by Crippen LogP contribution is -2.32. The molecule has 0 heterocycles. The van der Waals surface area contributed by atoms with Crippen LogP contribution in [0.1, 0.15) is 35.4 Å². The molecule has 1 aliphatic carbocycles. The van der Waals surface area contributed by atoms with Gasteiger partial charge >= 0.3 is 0 Å². The number of amides is 1. The van der Waals surface area contributed by atoms with Crippen molar-refractivity contribution < 1.29 is 14.3 Å². The van der Waals surface area contributed by atoms with Gasteiger partial charge in [-0.3, -0.25) is 4.79 Å². The largest absolute Gasteiger partial charge is 0.493 e. The monoisotopic (exact) mass is 339 g/mol. The SMILES string of the molecule is COc1ccc(CCNC(=O)C2CCCc3ccccc32)cc1OC. The van der Waals surface area contributed by atoms with Gasteiger partial charge in [0.25, 0.3) is 0 Å². The van der Waals surface area contributed by atoms with Crippen LogP contribution < -0.4 is 14.8 Å². The highest BCUT2D eigenvalue weighted by Gasteiger charge is 2.25. The molecule has 0 aromatic heterocycles. The van der Waals surface area contributed by atoms with E-state index in [1.807, 2.05) is 24.3 Å². The maximum atomic E-state index is 12.6. The smallest absolute Gasteiger partial charge is 0.227 e. The standard InChI is InChI=1S/C21H25NO3/c1-24-19-11-10-15(14-20(19)25-2)12-13-22-21(23)18-9-5-7-16-6-3-4-8-17(16)18/h3-4,6,8,10-11,14,18H,5,7,9,12-13H2,1-2H3,(H,22,23). The Morgan fingerprint density at radius 2 is 1.92 bits per heavy atom. The molecular weight excluding hydrogens is 314 g/mol. The molecule has 0 aliphatic heterocycles. The minimum Gasteiger partial charge on any atom is -0.493 e. The minimum absolute atomic E-state index is 0.0182. The number of benzene rings is 2. The Kier molecular flexibility index (Phi) is 5.59. The summed E-state index contributed by atoms with van der Waals surface area (Å²) >= 11 is 0. The number of rotatable bonds is 6. The molecule has 0 bridgehead atoms. The van der Waals surface area contributed by atoms with Gasteiger partial charge in [0.2, 0.25) is 5.91 Å². The van der Waals surface area contributed by atoms with Crippen LogP contribution in [0, 0.1) is 0 Å². The molecule has 1 aliphatic rings. The summed E-state index contributed by atoms with van der Waals surface area (Å²) in [6.45, 7) is 0.618. The Balaban J connectivity index is 1.59. The van der Waals surface area contributed by atoms with E-state index in [2.05, 4.69) is 23.5 Å². The lowest BCUT2D eigenvalue weighted by molar-refractivity contribution is -0.122. The molecule has 0 saturated heterocycles. The fourth-order valence-electron chi connectivity index (χ4n) is 3.52. The Labute approximate surface area is 149 Å². The van der Waals surface area contributed by atoms with Gasteiger partial charge in [-0.05, 0) is 54.5 Å². The number of methoxy groups -OCH3 is 2. The molecule has 132 valence electrons. The highest BCUT2D eigenvalue weighted by atomic mass is 16.5. The summed E-state index contributed by atoms with van der Waals surface area (Å²) in [7, 11) is 3.25. The summed E-state index contributed by atoms with van der Waals surface area (Å²) in [4.78, 5) is 12.6. The summed E-state index contributed by atoms with van der Waals surface area (Å²) < 4.78 is 10.6.